The number of benzene rings is 1. The van der Waals surface area contributed by atoms with E-state index >= 15 is 0 Å². The normalized spacial score (nSPS) is 25.6. The van der Waals surface area contributed by atoms with Crippen molar-refractivity contribution in [1.82, 2.24) is 4.90 Å². The number of amides is 1. The van der Waals surface area contributed by atoms with Crippen molar-refractivity contribution in [3.8, 4) is 0 Å². The third kappa shape index (κ3) is 4.70. The first-order valence-corrected chi connectivity index (χ1v) is 11.3. The van der Waals surface area contributed by atoms with Gasteiger partial charge < -0.3 is 14.0 Å². The summed E-state index contributed by atoms with van der Waals surface area (Å²) in [6.07, 6.45) is 3.81. The van der Waals surface area contributed by atoms with Gasteiger partial charge in [-0.3, -0.25) is 4.90 Å². The number of hydrogen-bond donors (Lipinski definition) is 0. The highest BCUT2D eigenvalue weighted by molar-refractivity contribution is 6.62. The molecular weight excluding hydrogens is 377 g/mol. The smallest absolute Gasteiger partial charge is 0.444 e. The van der Waals surface area contributed by atoms with Gasteiger partial charge in [-0.05, 0) is 78.8 Å². The fourth-order valence-corrected chi connectivity index (χ4v) is 4.27. The highest BCUT2D eigenvalue weighted by Gasteiger charge is 2.51. The van der Waals surface area contributed by atoms with Crippen LogP contribution in [0.4, 0.5) is 4.79 Å². The molecule has 1 aromatic rings. The van der Waals surface area contributed by atoms with Gasteiger partial charge in [-0.2, -0.15) is 0 Å². The molecule has 0 bridgehead atoms. The van der Waals surface area contributed by atoms with Crippen molar-refractivity contribution in [3.63, 3.8) is 0 Å². The highest BCUT2D eigenvalue weighted by Crippen LogP contribution is 2.39. The zero-order valence-electron chi connectivity index (χ0n) is 20.0. The quantitative estimate of drug-likeness (QED) is 0.632. The van der Waals surface area contributed by atoms with E-state index in [4.69, 9.17) is 14.0 Å². The molecule has 3 rings (SSSR count). The molecule has 2 saturated heterocycles. The Morgan fingerprint density at radius 1 is 1.10 bits per heavy atom. The molecule has 0 spiro atoms. The van der Waals surface area contributed by atoms with Crippen molar-refractivity contribution in [1.29, 1.82) is 0 Å². The Hall–Kier alpha value is -1.53. The lowest BCUT2D eigenvalue weighted by Gasteiger charge is -2.33. The summed E-state index contributed by atoms with van der Waals surface area (Å²) < 4.78 is 18.1. The zero-order chi connectivity index (χ0) is 22.3. The van der Waals surface area contributed by atoms with Crippen LogP contribution in [0.1, 0.15) is 92.7 Å². The molecule has 0 aliphatic carbocycles. The summed E-state index contributed by atoms with van der Waals surface area (Å²) in [6, 6.07) is 8.63. The average Bonchev–Trinajstić information content (AvgIpc) is 3.12. The van der Waals surface area contributed by atoms with Gasteiger partial charge >= 0.3 is 13.2 Å². The predicted molar refractivity (Wildman–Crippen MR) is 121 cm³/mol. The second kappa shape index (κ2) is 8.20. The maximum atomic E-state index is 13.0. The Labute approximate surface area is 182 Å². The Kier molecular flexibility index (Phi) is 6.32. The van der Waals surface area contributed by atoms with Gasteiger partial charge in [0.05, 0.1) is 17.2 Å². The lowest BCUT2D eigenvalue weighted by Crippen LogP contribution is -2.41. The summed E-state index contributed by atoms with van der Waals surface area (Å²) >= 11 is 0. The molecule has 1 aromatic carbocycles. The van der Waals surface area contributed by atoms with Crippen LogP contribution in [0.15, 0.2) is 24.3 Å². The van der Waals surface area contributed by atoms with Crippen molar-refractivity contribution < 1.29 is 18.8 Å². The van der Waals surface area contributed by atoms with E-state index in [0.717, 1.165) is 36.7 Å². The van der Waals surface area contributed by atoms with E-state index in [1.165, 1.54) is 0 Å². The van der Waals surface area contributed by atoms with Crippen LogP contribution >= 0.6 is 0 Å². The molecule has 6 heteroatoms. The molecule has 0 radical (unpaired) electrons. The number of carbonyl (C=O) groups is 1. The van der Waals surface area contributed by atoms with Gasteiger partial charge in [0.2, 0.25) is 0 Å². The summed E-state index contributed by atoms with van der Waals surface area (Å²) in [7, 11) is -0.373. The van der Waals surface area contributed by atoms with Crippen LogP contribution in [0.5, 0.6) is 0 Å². The van der Waals surface area contributed by atoms with E-state index in [0.29, 0.717) is 0 Å². The lowest BCUT2D eigenvalue weighted by atomic mass is 9.78. The predicted octanol–water partition coefficient (Wildman–Crippen LogP) is 5.23. The maximum Gasteiger partial charge on any atom is 0.494 e. The number of hydrogen-bond acceptors (Lipinski definition) is 4. The molecule has 2 aliphatic rings. The van der Waals surface area contributed by atoms with Gasteiger partial charge in [-0.15, -0.1) is 0 Å². The van der Waals surface area contributed by atoms with Crippen LogP contribution in [0.3, 0.4) is 0 Å². The first kappa shape index (κ1) is 23.1. The monoisotopic (exact) mass is 415 g/mol. The van der Waals surface area contributed by atoms with Crippen molar-refractivity contribution in [2.24, 2.45) is 0 Å². The van der Waals surface area contributed by atoms with Crippen LogP contribution in [-0.4, -0.2) is 41.0 Å². The molecule has 2 heterocycles. The Balaban J connectivity index is 1.79. The topological polar surface area (TPSA) is 48.0 Å². The third-order valence-electron chi connectivity index (χ3n) is 6.58. The minimum absolute atomic E-state index is 0.0451. The molecule has 1 amide bonds. The van der Waals surface area contributed by atoms with Crippen LogP contribution in [0.2, 0.25) is 0 Å². The third-order valence-corrected chi connectivity index (χ3v) is 6.58. The van der Waals surface area contributed by atoms with E-state index in [1.807, 2.05) is 25.7 Å². The number of nitrogens with zero attached hydrogens (tertiary/aromatic N) is 1. The van der Waals surface area contributed by atoms with E-state index in [9.17, 15) is 4.79 Å². The van der Waals surface area contributed by atoms with Crippen molar-refractivity contribution in [2.45, 2.75) is 110 Å². The molecule has 166 valence electrons. The minimum atomic E-state index is -0.498. The van der Waals surface area contributed by atoms with E-state index in [2.05, 4.69) is 58.9 Å². The maximum absolute atomic E-state index is 13.0. The lowest BCUT2D eigenvalue weighted by molar-refractivity contribution is 0.00578. The summed E-state index contributed by atoms with van der Waals surface area (Å²) in [5, 5.41) is 0. The fraction of sp³-hybridized carbons (Fsp3) is 0.708. The number of likely N-dealkylation sites (tertiary alicyclic amines) is 1. The summed E-state index contributed by atoms with van der Waals surface area (Å²) in [4.78, 5) is 15.0. The summed E-state index contributed by atoms with van der Waals surface area (Å²) in [6.45, 7) is 16.2. The average molecular weight is 415 g/mol. The Morgan fingerprint density at radius 2 is 1.67 bits per heavy atom. The van der Waals surface area contributed by atoms with Gasteiger partial charge in [-0.25, -0.2) is 4.79 Å². The van der Waals surface area contributed by atoms with Gasteiger partial charge in [0, 0.05) is 6.04 Å². The fourth-order valence-electron chi connectivity index (χ4n) is 4.27. The molecule has 2 atom stereocenters. The van der Waals surface area contributed by atoms with Crippen LogP contribution in [0, 0.1) is 0 Å². The molecule has 30 heavy (non-hydrogen) atoms. The van der Waals surface area contributed by atoms with Gasteiger partial charge in [0.25, 0.3) is 0 Å². The molecular formula is C24H38BNO4. The Bertz CT molecular complexity index is 737. The molecule has 0 unspecified atom stereocenters. The zero-order valence-corrected chi connectivity index (χ0v) is 20.0. The van der Waals surface area contributed by atoms with E-state index in [1.54, 1.807) is 0 Å². The van der Waals surface area contributed by atoms with Crippen molar-refractivity contribution in [3.05, 3.63) is 29.8 Å². The Morgan fingerprint density at radius 3 is 2.17 bits per heavy atom. The molecule has 5 nitrogen and oxygen atoms in total. The summed E-state index contributed by atoms with van der Waals surface area (Å²) in [5.74, 6) is 0. The second-order valence-electron chi connectivity index (χ2n) is 10.7. The highest BCUT2D eigenvalue weighted by atomic mass is 16.7. The van der Waals surface area contributed by atoms with Gasteiger partial charge in [0.1, 0.15) is 5.60 Å². The van der Waals surface area contributed by atoms with Gasteiger partial charge in [-0.1, -0.05) is 37.6 Å². The molecule has 2 aliphatic heterocycles. The second-order valence-corrected chi connectivity index (χ2v) is 10.7. The standard InChI is InChI=1S/C24H38BNO4/c1-9-10-19-15-16-20(26(19)21(27)28-22(2,3)4)17-11-13-18(14-12-17)25-29-23(5,6)24(7,8)30-25/h11-14,19-20H,9-10,15-16H2,1-8H3/t19-,20+/m1/s1. The molecule has 0 N–H and O–H groups in total. The van der Waals surface area contributed by atoms with Crippen LogP contribution in [-0.2, 0) is 14.0 Å². The van der Waals surface area contributed by atoms with E-state index < -0.39 is 5.60 Å². The number of carbonyl (C=O) groups excluding carboxylic acids is 1. The summed E-state index contributed by atoms with van der Waals surface area (Å²) in [5.41, 5.74) is 0.927. The first-order chi connectivity index (χ1) is 13.8. The van der Waals surface area contributed by atoms with Gasteiger partial charge in [0.15, 0.2) is 0 Å². The number of ether oxygens (including phenoxy) is 1. The minimum Gasteiger partial charge on any atom is -0.444 e. The SMILES string of the molecule is CCC[C@@H]1CC[C@@H](c2ccc(B3OC(C)(C)C(C)(C)O3)cc2)N1C(=O)OC(C)(C)C. The largest absolute Gasteiger partial charge is 0.494 e. The van der Waals surface area contributed by atoms with E-state index in [-0.39, 0.29) is 36.5 Å². The van der Waals surface area contributed by atoms with Crippen LogP contribution in [0.25, 0.3) is 0 Å². The van der Waals surface area contributed by atoms with Crippen molar-refractivity contribution >= 4 is 18.7 Å². The molecule has 0 aromatic heterocycles. The number of rotatable bonds is 4. The van der Waals surface area contributed by atoms with Crippen molar-refractivity contribution in [2.75, 3.05) is 0 Å². The molecule has 0 saturated carbocycles. The first-order valence-electron chi connectivity index (χ1n) is 11.3. The molecule has 2 fully saturated rings. The van der Waals surface area contributed by atoms with Crippen LogP contribution < -0.4 is 5.46 Å².